The first-order valence-corrected chi connectivity index (χ1v) is 18.0. The van der Waals surface area contributed by atoms with Crippen LogP contribution < -0.4 is 5.32 Å². The van der Waals surface area contributed by atoms with Crippen LogP contribution in [0.2, 0.25) is 25.7 Å². The minimum absolute atomic E-state index is 0.0727. The van der Waals surface area contributed by atoms with Crippen molar-refractivity contribution in [2.75, 3.05) is 18.5 Å². The number of anilines is 1. The topological polar surface area (TPSA) is 85.2 Å². The van der Waals surface area contributed by atoms with Crippen molar-refractivity contribution in [3.8, 4) is 11.4 Å². The van der Waals surface area contributed by atoms with Crippen LogP contribution in [-0.4, -0.2) is 57.6 Å². The maximum Gasteiger partial charge on any atom is 0.259 e. The fraction of sp³-hybridized carbons (Fsp3) is 0.419. The summed E-state index contributed by atoms with van der Waals surface area (Å²) in [7, 11) is -1.21. The molecular formula is C31H39FN6O2Si. The molecule has 4 heterocycles. The van der Waals surface area contributed by atoms with Gasteiger partial charge in [-0.15, -0.1) is 0 Å². The number of aromatic nitrogens is 4. The molecule has 1 saturated heterocycles. The average Bonchev–Trinajstić information content (AvgIpc) is 3.48. The highest BCUT2D eigenvalue weighted by Gasteiger charge is 2.23. The van der Waals surface area contributed by atoms with Gasteiger partial charge in [0, 0.05) is 68.6 Å². The second-order valence-electron chi connectivity index (χ2n) is 12.2. The van der Waals surface area contributed by atoms with E-state index in [-0.39, 0.29) is 5.56 Å². The summed E-state index contributed by atoms with van der Waals surface area (Å²) in [5, 5.41) is 3.76. The molecule has 5 rings (SSSR count). The summed E-state index contributed by atoms with van der Waals surface area (Å²) in [5.41, 5.74) is 3.43. The maximum absolute atomic E-state index is 15.0. The first-order valence-electron chi connectivity index (χ1n) is 14.3. The second kappa shape index (κ2) is 12.2. The molecule has 0 spiro atoms. The Morgan fingerprint density at radius 3 is 2.59 bits per heavy atom. The molecule has 3 aromatic heterocycles. The molecule has 0 radical (unpaired) electrons. The van der Waals surface area contributed by atoms with Crippen LogP contribution in [-0.2, 0) is 18.0 Å². The zero-order valence-corrected chi connectivity index (χ0v) is 25.6. The first-order chi connectivity index (χ1) is 19.6. The zero-order chi connectivity index (χ0) is 29.1. The van der Waals surface area contributed by atoms with Gasteiger partial charge in [0.15, 0.2) is 5.82 Å². The number of ether oxygens (including phenoxy) is 1. The number of pyridine rings is 1. The number of benzene rings is 1. The van der Waals surface area contributed by atoms with Gasteiger partial charge in [0.1, 0.15) is 18.4 Å². The SMILES string of the molecule is Cc1cnc(-c2ccc(C(=O)Nc3cc4c(cn3)cc(CN3CCC[C@@H]3C)n4COCC[Si](C)(C)C)c(F)c2)nc1. The van der Waals surface area contributed by atoms with Gasteiger partial charge in [-0.1, -0.05) is 25.7 Å². The predicted octanol–water partition coefficient (Wildman–Crippen LogP) is 6.49. The van der Waals surface area contributed by atoms with E-state index in [1.165, 1.54) is 25.0 Å². The largest absolute Gasteiger partial charge is 0.361 e. The fourth-order valence-corrected chi connectivity index (χ4v) is 5.85. The monoisotopic (exact) mass is 574 g/mol. The van der Waals surface area contributed by atoms with E-state index in [9.17, 15) is 4.79 Å². The molecule has 0 unspecified atom stereocenters. The summed E-state index contributed by atoms with van der Waals surface area (Å²) in [6.07, 6.45) is 7.52. The zero-order valence-electron chi connectivity index (χ0n) is 24.6. The third-order valence-corrected chi connectivity index (χ3v) is 9.34. The normalized spacial score (nSPS) is 16.0. The standard InChI is InChI=1S/C31H39FN6O2Si/c1-21-16-34-30(35-17-21)23-8-9-26(27(32)14-23)31(39)36-29-15-28-24(18-33-29)13-25(19-37-10-6-7-22(37)2)38(28)20-40-11-12-41(3,4)5/h8-9,13-18,22H,6-7,10-12,19-20H2,1-5H3,(H,33,36,39)/t22-/m0/s1. The number of amides is 1. The Morgan fingerprint density at radius 1 is 1.12 bits per heavy atom. The van der Waals surface area contributed by atoms with Crippen molar-refractivity contribution in [2.45, 2.75) is 71.7 Å². The number of nitrogens with one attached hydrogen (secondary N) is 1. The highest BCUT2D eigenvalue weighted by Crippen LogP contribution is 2.27. The third kappa shape index (κ3) is 7.06. The van der Waals surface area contributed by atoms with Crippen molar-refractivity contribution in [1.29, 1.82) is 0 Å². The molecule has 41 heavy (non-hydrogen) atoms. The Balaban J connectivity index is 1.37. The summed E-state index contributed by atoms with van der Waals surface area (Å²) >= 11 is 0. The molecule has 1 aliphatic rings. The van der Waals surface area contributed by atoms with Gasteiger partial charge in [-0.2, -0.15) is 0 Å². The van der Waals surface area contributed by atoms with Gasteiger partial charge >= 0.3 is 0 Å². The molecule has 0 bridgehead atoms. The lowest BCUT2D eigenvalue weighted by molar-refractivity contribution is 0.0863. The number of carbonyl (C=O) groups excluding carboxylic acids is 1. The van der Waals surface area contributed by atoms with Crippen LogP contribution in [0.1, 0.15) is 41.4 Å². The average molecular weight is 575 g/mol. The number of hydrogen-bond acceptors (Lipinski definition) is 6. The highest BCUT2D eigenvalue weighted by molar-refractivity contribution is 6.76. The van der Waals surface area contributed by atoms with Crippen molar-refractivity contribution < 1.29 is 13.9 Å². The van der Waals surface area contributed by atoms with E-state index in [0.717, 1.165) is 41.3 Å². The van der Waals surface area contributed by atoms with Gasteiger partial charge in [0.2, 0.25) is 0 Å². The lowest BCUT2D eigenvalue weighted by atomic mass is 10.1. The molecule has 0 aliphatic carbocycles. The Hall–Kier alpha value is -3.47. The molecule has 8 nitrogen and oxygen atoms in total. The molecule has 1 amide bonds. The number of rotatable bonds is 10. The molecule has 1 N–H and O–H groups in total. The lowest BCUT2D eigenvalue weighted by Gasteiger charge is -2.22. The van der Waals surface area contributed by atoms with E-state index < -0.39 is 19.8 Å². The number of hydrogen-bond donors (Lipinski definition) is 1. The van der Waals surface area contributed by atoms with Crippen molar-refractivity contribution in [3.05, 3.63) is 71.6 Å². The molecule has 10 heteroatoms. The Morgan fingerprint density at radius 2 is 1.90 bits per heavy atom. The summed E-state index contributed by atoms with van der Waals surface area (Å²) in [6.45, 7) is 14.2. The van der Waals surface area contributed by atoms with Gasteiger partial charge in [-0.05, 0) is 63.0 Å². The number of halogens is 1. The van der Waals surface area contributed by atoms with E-state index in [1.807, 2.05) is 13.0 Å². The van der Waals surface area contributed by atoms with Gasteiger partial charge < -0.3 is 14.6 Å². The van der Waals surface area contributed by atoms with E-state index in [2.05, 4.69) is 62.4 Å². The van der Waals surface area contributed by atoms with Crippen LogP contribution in [0.15, 0.2) is 48.9 Å². The number of carbonyl (C=O) groups is 1. The van der Waals surface area contributed by atoms with E-state index in [0.29, 0.717) is 36.6 Å². The van der Waals surface area contributed by atoms with Crippen LogP contribution >= 0.6 is 0 Å². The second-order valence-corrected chi connectivity index (χ2v) is 17.9. The molecule has 0 saturated carbocycles. The summed E-state index contributed by atoms with van der Waals surface area (Å²) < 4.78 is 23.4. The lowest BCUT2D eigenvalue weighted by Crippen LogP contribution is -2.27. The molecule has 1 atom stereocenters. The smallest absolute Gasteiger partial charge is 0.259 e. The minimum Gasteiger partial charge on any atom is -0.361 e. The first kappa shape index (κ1) is 29.0. The van der Waals surface area contributed by atoms with Crippen molar-refractivity contribution in [3.63, 3.8) is 0 Å². The number of nitrogens with zero attached hydrogens (tertiary/aromatic N) is 5. The van der Waals surface area contributed by atoms with Crippen LogP contribution in [0.4, 0.5) is 10.2 Å². The number of fused-ring (bicyclic) bond motifs is 1. The molecule has 1 aromatic carbocycles. The van der Waals surface area contributed by atoms with E-state index in [4.69, 9.17) is 4.74 Å². The predicted molar refractivity (Wildman–Crippen MR) is 163 cm³/mol. The summed E-state index contributed by atoms with van der Waals surface area (Å²) in [4.78, 5) is 28.5. The van der Waals surface area contributed by atoms with Crippen LogP contribution in [0, 0.1) is 12.7 Å². The van der Waals surface area contributed by atoms with Crippen LogP contribution in [0.3, 0.4) is 0 Å². The number of likely N-dealkylation sites (tertiary alicyclic amines) is 1. The molecule has 1 aliphatic heterocycles. The molecular weight excluding hydrogens is 535 g/mol. The van der Waals surface area contributed by atoms with E-state index >= 15 is 4.39 Å². The van der Waals surface area contributed by atoms with Crippen molar-refractivity contribution in [2.24, 2.45) is 0 Å². The Bertz CT molecular complexity index is 1530. The van der Waals surface area contributed by atoms with Gasteiger partial charge in [-0.25, -0.2) is 19.3 Å². The van der Waals surface area contributed by atoms with Gasteiger partial charge in [0.25, 0.3) is 5.91 Å². The summed E-state index contributed by atoms with van der Waals surface area (Å²) in [5.74, 6) is -0.455. The van der Waals surface area contributed by atoms with Crippen molar-refractivity contribution in [1.82, 2.24) is 24.4 Å². The van der Waals surface area contributed by atoms with Crippen LogP contribution in [0.5, 0.6) is 0 Å². The molecule has 4 aromatic rings. The Kier molecular flexibility index (Phi) is 8.62. The molecule has 216 valence electrons. The number of aryl methyl sites for hydroxylation is 1. The van der Waals surface area contributed by atoms with Crippen molar-refractivity contribution >= 4 is 30.7 Å². The third-order valence-electron chi connectivity index (χ3n) is 7.64. The fourth-order valence-electron chi connectivity index (χ4n) is 5.10. The van der Waals surface area contributed by atoms with Crippen LogP contribution in [0.25, 0.3) is 22.3 Å². The summed E-state index contributed by atoms with van der Waals surface area (Å²) in [6, 6.07) is 10.0. The Labute approximate surface area is 242 Å². The van der Waals surface area contributed by atoms with Gasteiger partial charge in [-0.3, -0.25) is 9.69 Å². The molecule has 1 fully saturated rings. The van der Waals surface area contributed by atoms with Gasteiger partial charge in [0.05, 0.1) is 11.1 Å². The van der Waals surface area contributed by atoms with E-state index in [1.54, 1.807) is 24.7 Å². The highest BCUT2D eigenvalue weighted by atomic mass is 28.3. The quantitative estimate of drug-likeness (QED) is 0.172. The minimum atomic E-state index is -1.21. The maximum atomic E-state index is 15.0.